The molecular weight excluding hydrogens is 431 g/mol. The number of rotatable bonds is 4. The SMILES string of the molecule is CCc1ncc2cc(-c3cc(NC(=O)c4cccc(C(F)(F)F)c4)cnc3C)c(C)nc2n1. The second-order valence-corrected chi connectivity index (χ2v) is 7.56. The summed E-state index contributed by atoms with van der Waals surface area (Å²) in [6.07, 6.45) is -0.643. The molecule has 0 atom stereocenters. The molecule has 0 saturated carbocycles. The lowest BCUT2D eigenvalue weighted by Crippen LogP contribution is -2.14. The predicted molar refractivity (Wildman–Crippen MR) is 119 cm³/mol. The summed E-state index contributed by atoms with van der Waals surface area (Å²) in [5, 5.41) is 3.40. The highest BCUT2D eigenvalue weighted by Gasteiger charge is 2.30. The Morgan fingerprint density at radius 1 is 0.970 bits per heavy atom. The van der Waals surface area contributed by atoms with Crippen molar-refractivity contribution in [2.24, 2.45) is 0 Å². The smallest absolute Gasteiger partial charge is 0.321 e. The summed E-state index contributed by atoms with van der Waals surface area (Å²) in [6, 6.07) is 7.91. The molecule has 3 heterocycles. The molecule has 0 fully saturated rings. The minimum absolute atomic E-state index is 0.0978. The molecule has 6 nitrogen and oxygen atoms in total. The van der Waals surface area contributed by atoms with Crippen LogP contribution in [0.15, 0.2) is 48.8 Å². The lowest BCUT2D eigenvalue weighted by atomic mass is 10.0. The summed E-state index contributed by atoms with van der Waals surface area (Å²) >= 11 is 0. The minimum atomic E-state index is -4.53. The van der Waals surface area contributed by atoms with Gasteiger partial charge in [-0.2, -0.15) is 13.2 Å². The minimum Gasteiger partial charge on any atom is -0.321 e. The number of aromatic nitrogens is 4. The van der Waals surface area contributed by atoms with E-state index in [1.54, 1.807) is 12.3 Å². The number of halogens is 3. The molecule has 1 amide bonds. The van der Waals surface area contributed by atoms with Crippen LogP contribution >= 0.6 is 0 Å². The number of amides is 1. The van der Waals surface area contributed by atoms with Crippen molar-refractivity contribution in [2.75, 3.05) is 5.32 Å². The van der Waals surface area contributed by atoms with Gasteiger partial charge in [0.1, 0.15) is 5.82 Å². The van der Waals surface area contributed by atoms with Crippen LogP contribution in [-0.2, 0) is 12.6 Å². The Morgan fingerprint density at radius 2 is 1.73 bits per heavy atom. The van der Waals surface area contributed by atoms with Gasteiger partial charge >= 0.3 is 6.18 Å². The first-order valence-electron chi connectivity index (χ1n) is 10.2. The van der Waals surface area contributed by atoms with Crippen molar-refractivity contribution in [2.45, 2.75) is 33.4 Å². The van der Waals surface area contributed by atoms with Gasteiger partial charge in [0.25, 0.3) is 5.91 Å². The lowest BCUT2D eigenvalue weighted by molar-refractivity contribution is -0.137. The first-order valence-corrected chi connectivity index (χ1v) is 10.2. The summed E-state index contributed by atoms with van der Waals surface area (Å²) in [5.41, 5.74) is 2.96. The molecule has 0 saturated heterocycles. The van der Waals surface area contributed by atoms with Gasteiger partial charge in [0.15, 0.2) is 5.65 Å². The second-order valence-electron chi connectivity index (χ2n) is 7.56. The predicted octanol–water partition coefficient (Wildman–Crippen LogP) is 5.54. The van der Waals surface area contributed by atoms with Crippen LogP contribution in [0.5, 0.6) is 0 Å². The molecule has 0 radical (unpaired) electrons. The zero-order valence-corrected chi connectivity index (χ0v) is 18.2. The first-order chi connectivity index (χ1) is 15.7. The quantitative estimate of drug-likeness (QED) is 0.441. The van der Waals surface area contributed by atoms with E-state index in [0.29, 0.717) is 29.3 Å². The molecule has 168 valence electrons. The Kier molecular flexibility index (Phi) is 5.80. The van der Waals surface area contributed by atoms with Crippen LogP contribution < -0.4 is 5.32 Å². The van der Waals surface area contributed by atoms with Crippen LogP contribution in [-0.4, -0.2) is 25.8 Å². The maximum absolute atomic E-state index is 13.0. The first kappa shape index (κ1) is 22.3. The summed E-state index contributed by atoms with van der Waals surface area (Å²) in [6.45, 7) is 5.65. The Bertz CT molecular complexity index is 1370. The highest BCUT2D eigenvalue weighted by atomic mass is 19.4. The van der Waals surface area contributed by atoms with Crippen molar-refractivity contribution in [3.8, 4) is 11.1 Å². The summed E-state index contributed by atoms with van der Waals surface area (Å²) in [7, 11) is 0. The van der Waals surface area contributed by atoms with Crippen LogP contribution in [0.4, 0.5) is 18.9 Å². The van der Waals surface area contributed by atoms with E-state index in [2.05, 4.69) is 25.3 Å². The van der Waals surface area contributed by atoms with E-state index in [-0.39, 0.29) is 5.56 Å². The fourth-order valence-electron chi connectivity index (χ4n) is 3.44. The fourth-order valence-corrected chi connectivity index (χ4v) is 3.44. The molecule has 0 aliphatic rings. The van der Waals surface area contributed by atoms with Gasteiger partial charge in [-0.15, -0.1) is 0 Å². The number of pyridine rings is 2. The largest absolute Gasteiger partial charge is 0.416 e. The number of hydrogen-bond acceptors (Lipinski definition) is 5. The molecule has 0 bridgehead atoms. The van der Waals surface area contributed by atoms with E-state index in [9.17, 15) is 18.0 Å². The molecule has 4 rings (SSSR count). The van der Waals surface area contributed by atoms with Crippen LogP contribution in [0, 0.1) is 13.8 Å². The van der Waals surface area contributed by atoms with Crippen molar-refractivity contribution in [3.63, 3.8) is 0 Å². The molecule has 33 heavy (non-hydrogen) atoms. The van der Waals surface area contributed by atoms with Gasteiger partial charge < -0.3 is 5.32 Å². The van der Waals surface area contributed by atoms with E-state index in [1.807, 2.05) is 26.8 Å². The van der Waals surface area contributed by atoms with Crippen LogP contribution in [0.25, 0.3) is 22.2 Å². The maximum Gasteiger partial charge on any atom is 0.416 e. The highest BCUT2D eigenvalue weighted by Crippen LogP contribution is 2.31. The third kappa shape index (κ3) is 4.67. The topological polar surface area (TPSA) is 80.7 Å². The average molecular weight is 451 g/mol. The Morgan fingerprint density at radius 3 is 2.45 bits per heavy atom. The van der Waals surface area contributed by atoms with Crippen molar-refractivity contribution < 1.29 is 18.0 Å². The molecule has 0 unspecified atom stereocenters. The fraction of sp³-hybridized carbons (Fsp3) is 0.208. The number of anilines is 1. The van der Waals surface area contributed by atoms with Gasteiger partial charge in [0.05, 0.1) is 17.4 Å². The molecule has 1 N–H and O–H groups in total. The lowest BCUT2D eigenvalue weighted by Gasteiger charge is -2.13. The monoisotopic (exact) mass is 451 g/mol. The molecule has 0 spiro atoms. The maximum atomic E-state index is 13.0. The molecule has 0 aliphatic carbocycles. The second kappa shape index (κ2) is 8.57. The summed E-state index contributed by atoms with van der Waals surface area (Å²) in [4.78, 5) is 30.3. The summed E-state index contributed by atoms with van der Waals surface area (Å²) in [5.74, 6) is 0.0471. The third-order valence-electron chi connectivity index (χ3n) is 5.21. The van der Waals surface area contributed by atoms with Gasteiger partial charge in [0, 0.05) is 46.1 Å². The van der Waals surface area contributed by atoms with Gasteiger partial charge in [-0.3, -0.25) is 9.78 Å². The number of benzene rings is 1. The van der Waals surface area contributed by atoms with Gasteiger partial charge in [-0.25, -0.2) is 15.0 Å². The van der Waals surface area contributed by atoms with Crippen molar-refractivity contribution in [3.05, 3.63) is 77.1 Å². The zero-order valence-electron chi connectivity index (χ0n) is 18.2. The Labute approximate surface area is 188 Å². The standard InChI is InChI=1S/C24H20F3N5O/c1-4-21-29-11-16-9-19(14(3)30-22(16)32-21)20-10-18(12-28-13(20)2)31-23(33)15-6-5-7-17(8-15)24(25,26)27/h5-12H,4H2,1-3H3,(H,31,33). The van der Waals surface area contributed by atoms with E-state index in [1.165, 1.54) is 18.3 Å². The van der Waals surface area contributed by atoms with Crippen LogP contribution in [0.2, 0.25) is 0 Å². The van der Waals surface area contributed by atoms with Crippen LogP contribution in [0.3, 0.4) is 0 Å². The average Bonchev–Trinajstić information content (AvgIpc) is 2.79. The van der Waals surface area contributed by atoms with Crippen LogP contribution in [0.1, 0.15) is 40.1 Å². The number of carbonyl (C=O) groups is 1. The van der Waals surface area contributed by atoms with Gasteiger partial charge in [-0.05, 0) is 44.2 Å². The number of carbonyl (C=O) groups excluding carboxylic acids is 1. The van der Waals surface area contributed by atoms with E-state index < -0.39 is 17.6 Å². The number of nitrogens with zero attached hydrogens (tertiary/aromatic N) is 4. The molecule has 1 aromatic carbocycles. The van der Waals surface area contributed by atoms with Crippen molar-refractivity contribution >= 4 is 22.6 Å². The number of nitrogens with one attached hydrogen (secondary N) is 1. The van der Waals surface area contributed by atoms with Crippen molar-refractivity contribution in [1.29, 1.82) is 0 Å². The number of alkyl halides is 3. The number of aryl methyl sites for hydroxylation is 3. The normalized spacial score (nSPS) is 11.6. The van der Waals surface area contributed by atoms with E-state index in [0.717, 1.165) is 34.3 Å². The van der Waals surface area contributed by atoms with Crippen molar-refractivity contribution in [1.82, 2.24) is 19.9 Å². The number of fused-ring (bicyclic) bond motifs is 1. The molecule has 9 heteroatoms. The molecular formula is C24H20F3N5O. The van der Waals surface area contributed by atoms with E-state index >= 15 is 0 Å². The number of hydrogen-bond donors (Lipinski definition) is 1. The summed E-state index contributed by atoms with van der Waals surface area (Å²) < 4.78 is 38.9. The van der Waals surface area contributed by atoms with E-state index in [4.69, 9.17) is 0 Å². The molecule has 4 aromatic rings. The third-order valence-corrected chi connectivity index (χ3v) is 5.21. The Hall–Kier alpha value is -3.88. The molecule has 3 aromatic heterocycles. The zero-order chi connectivity index (χ0) is 23.8. The highest BCUT2D eigenvalue weighted by molar-refractivity contribution is 6.04. The Balaban J connectivity index is 1.68. The van der Waals surface area contributed by atoms with Gasteiger partial charge in [-0.1, -0.05) is 13.0 Å². The molecule has 0 aliphatic heterocycles. The van der Waals surface area contributed by atoms with Gasteiger partial charge in [0.2, 0.25) is 0 Å².